The Kier molecular flexibility index (Phi) is 6.65. The number of nitrogens with one attached hydrogen (secondary N) is 1. The van der Waals surface area contributed by atoms with Gasteiger partial charge in [0.1, 0.15) is 0 Å². The van der Waals surface area contributed by atoms with Crippen LogP contribution in [0.25, 0.3) is 0 Å². The van der Waals surface area contributed by atoms with E-state index in [1.54, 1.807) is 29.2 Å². The largest absolute Gasteiger partial charge is 0.462 e. The standard InChI is InChI=1S/C23H26N2O4/c1-3-4-13-29-23(28)17-9-11-19(12-10-17)24-22(27)18-14-21(26)25(15-18)20-8-6-5-7-16(20)2/h5-12,18H,3-4,13-15H2,1-2H3,(H,24,27)/t18-/m1/s1. The molecule has 0 bridgehead atoms. The molecule has 1 N–H and O–H groups in total. The molecule has 0 aromatic heterocycles. The summed E-state index contributed by atoms with van der Waals surface area (Å²) in [5.74, 6) is -1.04. The average Bonchev–Trinajstić information content (AvgIpc) is 3.10. The highest BCUT2D eigenvalue weighted by molar-refractivity contribution is 6.04. The van der Waals surface area contributed by atoms with Crippen LogP contribution in [0.2, 0.25) is 0 Å². The lowest BCUT2D eigenvalue weighted by Crippen LogP contribution is -2.28. The van der Waals surface area contributed by atoms with Crippen LogP contribution in [0.3, 0.4) is 0 Å². The van der Waals surface area contributed by atoms with Crippen LogP contribution >= 0.6 is 0 Å². The number of benzene rings is 2. The van der Waals surface area contributed by atoms with Crippen molar-refractivity contribution in [2.24, 2.45) is 5.92 Å². The van der Waals surface area contributed by atoms with Crippen LogP contribution in [0, 0.1) is 12.8 Å². The highest BCUT2D eigenvalue weighted by Crippen LogP contribution is 2.28. The first-order valence-corrected chi connectivity index (χ1v) is 9.93. The molecule has 1 atom stereocenters. The predicted octanol–water partition coefficient (Wildman–Crippen LogP) is 3.94. The first-order valence-electron chi connectivity index (χ1n) is 9.93. The number of amides is 2. The number of esters is 1. The van der Waals surface area contributed by atoms with Crippen LogP contribution in [-0.2, 0) is 14.3 Å². The number of para-hydroxylation sites is 1. The molecule has 2 aromatic rings. The van der Waals surface area contributed by atoms with Crippen LogP contribution in [0.1, 0.15) is 42.1 Å². The SMILES string of the molecule is CCCCOC(=O)c1ccc(NC(=O)[C@@H]2CC(=O)N(c3ccccc3C)C2)cc1. The van der Waals surface area contributed by atoms with E-state index < -0.39 is 5.92 Å². The number of carbonyl (C=O) groups excluding carboxylic acids is 3. The monoisotopic (exact) mass is 394 g/mol. The minimum Gasteiger partial charge on any atom is -0.462 e. The Morgan fingerprint density at radius 3 is 2.55 bits per heavy atom. The van der Waals surface area contributed by atoms with Crippen molar-refractivity contribution in [1.29, 1.82) is 0 Å². The van der Waals surface area contributed by atoms with Crippen molar-refractivity contribution in [1.82, 2.24) is 0 Å². The van der Waals surface area contributed by atoms with Gasteiger partial charge >= 0.3 is 5.97 Å². The number of nitrogens with zero attached hydrogens (tertiary/aromatic N) is 1. The van der Waals surface area contributed by atoms with E-state index in [1.165, 1.54) is 0 Å². The summed E-state index contributed by atoms with van der Waals surface area (Å²) in [6.45, 7) is 4.74. The fourth-order valence-electron chi connectivity index (χ4n) is 3.31. The quantitative estimate of drug-likeness (QED) is 0.570. The van der Waals surface area contributed by atoms with Crippen molar-refractivity contribution < 1.29 is 19.1 Å². The highest BCUT2D eigenvalue weighted by atomic mass is 16.5. The molecule has 1 heterocycles. The summed E-state index contributed by atoms with van der Waals surface area (Å²) < 4.78 is 5.18. The summed E-state index contributed by atoms with van der Waals surface area (Å²) in [5.41, 5.74) is 2.88. The van der Waals surface area contributed by atoms with Crippen molar-refractivity contribution in [3.05, 3.63) is 59.7 Å². The minimum atomic E-state index is -0.416. The third-order valence-corrected chi connectivity index (χ3v) is 5.02. The minimum absolute atomic E-state index is 0.0513. The normalized spacial score (nSPS) is 16.0. The molecule has 0 saturated carbocycles. The summed E-state index contributed by atoms with van der Waals surface area (Å²) in [7, 11) is 0. The van der Waals surface area contributed by atoms with Gasteiger partial charge in [-0.15, -0.1) is 0 Å². The molecule has 152 valence electrons. The molecule has 0 radical (unpaired) electrons. The van der Waals surface area contributed by atoms with Crippen molar-refractivity contribution in [2.45, 2.75) is 33.1 Å². The number of anilines is 2. The van der Waals surface area contributed by atoms with E-state index in [-0.39, 0.29) is 24.2 Å². The molecule has 3 rings (SSSR count). The third kappa shape index (κ3) is 5.02. The Balaban J connectivity index is 1.58. The van der Waals surface area contributed by atoms with E-state index in [2.05, 4.69) is 5.32 Å². The molecule has 0 spiro atoms. The van der Waals surface area contributed by atoms with Gasteiger partial charge in [-0.05, 0) is 49.2 Å². The van der Waals surface area contributed by atoms with Crippen LogP contribution in [0.4, 0.5) is 11.4 Å². The lowest BCUT2D eigenvalue weighted by molar-refractivity contribution is -0.122. The van der Waals surface area contributed by atoms with Crippen LogP contribution in [0.5, 0.6) is 0 Å². The number of unbranched alkanes of at least 4 members (excludes halogenated alkanes) is 1. The number of ether oxygens (including phenoxy) is 1. The zero-order chi connectivity index (χ0) is 20.8. The smallest absolute Gasteiger partial charge is 0.338 e. The molecular formula is C23H26N2O4. The second-order valence-corrected chi connectivity index (χ2v) is 7.25. The first kappa shape index (κ1) is 20.6. The van der Waals surface area contributed by atoms with Gasteiger partial charge in [0.25, 0.3) is 0 Å². The molecule has 0 unspecified atom stereocenters. The Hall–Kier alpha value is -3.15. The second kappa shape index (κ2) is 9.37. The Morgan fingerprint density at radius 2 is 1.86 bits per heavy atom. The lowest BCUT2D eigenvalue weighted by Gasteiger charge is -2.19. The van der Waals surface area contributed by atoms with E-state index in [0.717, 1.165) is 24.1 Å². The maximum Gasteiger partial charge on any atom is 0.338 e. The topological polar surface area (TPSA) is 75.7 Å². The number of rotatable bonds is 7. The highest BCUT2D eigenvalue weighted by Gasteiger charge is 2.35. The van der Waals surface area contributed by atoms with Gasteiger partial charge in [0.2, 0.25) is 11.8 Å². The summed E-state index contributed by atoms with van der Waals surface area (Å²) >= 11 is 0. The third-order valence-electron chi connectivity index (χ3n) is 5.02. The Bertz CT molecular complexity index is 892. The van der Waals surface area contributed by atoms with E-state index in [0.29, 0.717) is 24.4 Å². The summed E-state index contributed by atoms with van der Waals surface area (Å²) in [5, 5.41) is 2.84. The van der Waals surface area contributed by atoms with Crippen LogP contribution < -0.4 is 10.2 Å². The molecule has 0 aliphatic carbocycles. The average molecular weight is 394 g/mol. The lowest BCUT2D eigenvalue weighted by atomic mass is 10.1. The van der Waals surface area contributed by atoms with E-state index in [1.807, 2.05) is 38.1 Å². The fraction of sp³-hybridized carbons (Fsp3) is 0.348. The van der Waals surface area contributed by atoms with Gasteiger partial charge in [0.05, 0.1) is 18.1 Å². The van der Waals surface area contributed by atoms with Crippen molar-refractivity contribution >= 4 is 29.2 Å². The molecule has 1 aliphatic rings. The Morgan fingerprint density at radius 1 is 1.14 bits per heavy atom. The first-order chi connectivity index (χ1) is 14.0. The second-order valence-electron chi connectivity index (χ2n) is 7.25. The summed E-state index contributed by atoms with van der Waals surface area (Å²) in [6, 6.07) is 14.3. The molecule has 2 amide bonds. The van der Waals surface area contributed by atoms with Gasteiger partial charge in [0, 0.05) is 24.3 Å². The van der Waals surface area contributed by atoms with E-state index in [9.17, 15) is 14.4 Å². The molecule has 1 saturated heterocycles. The molecule has 2 aromatic carbocycles. The Labute approximate surface area is 170 Å². The number of hydrogen-bond acceptors (Lipinski definition) is 4. The molecule has 6 nitrogen and oxygen atoms in total. The van der Waals surface area contributed by atoms with Crippen molar-refractivity contribution in [3.8, 4) is 0 Å². The van der Waals surface area contributed by atoms with Gasteiger partial charge in [-0.1, -0.05) is 31.5 Å². The van der Waals surface area contributed by atoms with Crippen LogP contribution in [-0.4, -0.2) is 30.9 Å². The zero-order valence-electron chi connectivity index (χ0n) is 16.8. The molecule has 6 heteroatoms. The van der Waals surface area contributed by atoms with Gasteiger partial charge < -0.3 is 15.0 Å². The molecule has 1 aliphatic heterocycles. The van der Waals surface area contributed by atoms with E-state index in [4.69, 9.17) is 4.74 Å². The van der Waals surface area contributed by atoms with Crippen molar-refractivity contribution in [2.75, 3.05) is 23.4 Å². The number of carbonyl (C=O) groups is 3. The summed E-state index contributed by atoms with van der Waals surface area (Å²) in [6.07, 6.45) is 1.98. The molecular weight excluding hydrogens is 368 g/mol. The number of hydrogen-bond donors (Lipinski definition) is 1. The van der Waals surface area contributed by atoms with Gasteiger partial charge in [-0.3, -0.25) is 9.59 Å². The number of aryl methyl sites for hydroxylation is 1. The zero-order valence-corrected chi connectivity index (χ0v) is 16.8. The molecule has 1 fully saturated rings. The molecule has 29 heavy (non-hydrogen) atoms. The van der Waals surface area contributed by atoms with Gasteiger partial charge in [-0.25, -0.2) is 4.79 Å². The van der Waals surface area contributed by atoms with Crippen molar-refractivity contribution in [3.63, 3.8) is 0 Å². The maximum absolute atomic E-state index is 12.6. The fourth-order valence-corrected chi connectivity index (χ4v) is 3.31. The predicted molar refractivity (Wildman–Crippen MR) is 112 cm³/mol. The van der Waals surface area contributed by atoms with Gasteiger partial charge in [0.15, 0.2) is 0 Å². The van der Waals surface area contributed by atoms with Crippen LogP contribution in [0.15, 0.2) is 48.5 Å². The van der Waals surface area contributed by atoms with Gasteiger partial charge in [-0.2, -0.15) is 0 Å². The maximum atomic E-state index is 12.6. The van der Waals surface area contributed by atoms with E-state index >= 15 is 0 Å². The summed E-state index contributed by atoms with van der Waals surface area (Å²) in [4.78, 5) is 38.7.